The topological polar surface area (TPSA) is 132 Å². The summed E-state index contributed by atoms with van der Waals surface area (Å²) in [6.07, 6.45) is 0.863. The Morgan fingerprint density at radius 3 is 2.53 bits per heavy atom. The van der Waals surface area contributed by atoms with Gasteiger partial charge in [-0.15, -0.1) is 0 Å². The number of nitrogens with zero attached hydrogens (tertiary/aromatic N) is 4. The molecular formula is C22H22N6O3S. The summed E-state index contributed by atoms with van der Waals surface area (Å²) in [5.41, 5.74) is 1.83. The first-order valence-corrected chi connectivity index (χ1v) is 11.6. The van der Waals surface area contributed by atoms with Crippen LogP contribution in [-0.2, 0) is 14.8 Å². The molecule has 3 aromatic rings. The van der Waals surface area contributed by atoms with Gasteiger partial charge in [-0.05, 0) is 56.2 Å². The average Bonchev–Trinajstić information content (AvgIpc) is 3.25. The fraction of sp³-hybridized carbons (Fsp3) is 0.273. The van der Waals surface area contributed by atoms with Crippen molar-refractivity contribution in [2.75, 3.05) is 18.4 Å². The molecule has 0 saturated carbocycles. The highest BCUT2D eigenvalue weighted by molar-refractivity contribution is 7.89. The van der Waals surface area contributed by atoms with Crippen LogP contribution in [0.4, 0.5) is 5.69 Å². The lowest BCUT2D eigenvalue weighted by molar-refractivity contribution is -0.120. The summed E-state index contributed by atoms with van der Waals surface area (Å²) in [7, 11) is -3.65. The van der Waals surface area contributed by atoms with Crippen LogP contribution in [0.15, 0.2) is 53.4 Å². The fourth-order valence-electron chi connectivity index (χ4n) is 3.66. The molecule has 2 heterocycles. The van der Waals surface area contributed by atoms with E-state index in [4.69, 9.17) is 5.26 Å². The summed E-state index contributed by atoms with van der Waals surface area (Å²) in [4.78, 5) is 17.2. The molecule has 0 bridgehead atoms. The molecule has 1 aliphatic rings. The lowest BCUT2D eigenvalue weighted by Crippen LogP contribution is -2.41. The van der Waals surface area contributed by atoms with Gasteiger partial charge in [-0.25, -0.2) is 13.4 Å². The number of anilines is 1. The Hall–Kier alpha value is -3.55. The first kappa shape index (κ1) is 21.7. The van der Waals surface area contributed by atoms with E-state index in [1.807, 2.05) is 31.2 Å². The van der Waals surface area contributed by atoms with Crippen LogP contribution in [0.25, 0.3) is 11.4 Å². The molecule has 1 aliphatic heterocycles. The maximum absolute atomic E-state index is 12.9. The largest absolute Gasteiger partial charge is 0.326 e. The third kappa shape index (κ3) is 4.54. The zero-order chi connectivity index (χ0) is 22.7. The van der Waals surface area contributed by atoms with E-state index < -0.39 is 10.0 Å². The number of H-pyrrole nitrogens is 1. The van der Waals surface area contributed by atoms with Crippen molar-refractivity contribution in [3.8, 4) is 17.5 Å². The van der Waals surface area contributed by atoms with Crippen LogP contribution >= 0.6 is 0 Å². The number of nitriles is 1. The number of carbonyl (C=O) groups is 1. The Morgan fingerprint density at radius 1 is 1.19 bits per heavy atom. The van der Waals surface area contributed by atoms with Gasteiger partial charge < -0.3 is 5.32 Å². The summed E-state index contributed by atoms with van der Waals surface area (Å²) in [5.74, 6) is 0.845. The molecule has 2 N–H and O–H groups in total. The molecule has 1 aromatic heterocycles. The molecule has 1 saturated heterocycles. The van der Waals surface area contributed by atoms with Crippen molar-refractivity contribution in [1.82, 2.24) is 19.5 Å². The van der Waals surface area contributed by atoms with Gasteiger partial charge in [0.25, 0.3) is 0 Å². The van der Waals surface area contributed by atoms with Crippen LogP contribution in [0.1, 0.15) is 24.2 Å². The Morgan fingerprint density at radius 2 is 1.91 bits per heavy atom. The number of aromatic amines is 1. The highest BCUT2D eigenvalue weighted by Crippen LogP contribution is 2.26. The molecule has 32 heavy (non-hydrogen) atoms. The highest BCUT2D eigenvalue weighted by Gasteiger charge is 2.32. The third-order valence-electron chi connectivity index (χ3n) is 5.43. The van der Waals surface area contributed by atoms with E-state index in [-0.39, 0.29) is 29.8 Å². The van der Waals surface area contributed by atoms with Gasteiger partial charge >= 0.3 is 0 Å². The molecule has 164 valence electrons. The number of amides is 1. The number of benzene rings is 2. The molecule has 1 fully saturated rings. The van der Waals surface area contributed by atoms with Gasteiger partial charge in [-0.2, -0.15) is 14.7 Å². The standard InChI is InChI=1S/C22H22N6O3S/c1-15-24-21(27-26-15)18-3-2-4-19(13-18)25-22(29)17-9-11-28(12-10-17)32(30,31)20-7-5-16(14-23)6-8-20/h2-8,13,17H,9-12H2,1H3,(H,25,29)(H,24,26,27). The van der Waals surface area contributed by atoms with Crippen molar-refractivity contribution in [3.05, 3.63) is 59.9 Å². The van der Waals surface area contributed by atoms with E-state index in [1.165, 1.54) is 28.6 Å². The number of aryl methyl sites for hydroxylation is 1. The minimum Gasteiger partial charge on any atom is -0.326 e. The average molecular weight is 451 g/mol. The molecule has 4 rings (SSSR count). The van der Waals surface area contributed by atoms with Crippen LogP contribution in [0.2, 0.25) is 0 Å². The zero-order valence-electron chi connectivity index (χ0n) is 17.4. The van der Waals surface area contributed by atoms with Gasteiger partial charge in [0.15, 0.2) is 5.82 Å². The number of sulfonamides is 1. The number of piperidine rings is 1. The maximum atomic E-state index is 12.9. The number of carbonyl (C=O) groups excluding carboxylic acids is 1. The lowest BCUT2D eigenvalue weighted by Gasteiger charge is -2.30. The van der Waals surface area contributed by atoms with E-state index >= 15 is 0 Å². The van der Waals surface area contributed by atoms with Gasteiger partial charge in [0.2, 0.25) is 15.9 Å². The Kier molecular flexibility index (Phi) is 6.03. The predicted octanol–water partition coefficient (Wildman–Crippen LogP) is 2.69. The van der Waals surface area contributed by atoms with Gasteiger partial charge in [-0.1, -0.05) is 12.1 Å². The second-order valence-corrected chi connectivity index (χ2v) is 9.57. The van der Waals surface area contributed by atoms with Crippen molar-refractivity contribution in [2.45, 2.75) is 24.7 Å². The summed E-state index contributed by atoms with van der Waals surface area (Å²) in [6.45, 7) is 2.34. The van der Waals surface area contributed by atoms with Crippen LogP contribution < -0.4 is 5.32 Å². The number of nitrogens with one attached hydrogen (secondary N) is 2. The van der Waals surface area contributed by atoms with E-state index in [0.717, 1.165) is 5.56 Å². The molecule has 0 atom stereocenters. The monoisotopic (exact) mass is 450 g/mol. The molecule has 1 amide bonds. The minimum atomic E-state index is -3.65. The summed E-state index contributed by atoms with van der Waals surface area (Å²) in [6, 6.07) is 15.1. The highest BCUT2D eigenvalue weighted by atomic mass is 32.2. The van der Waals surface area contributed by atoms with Crippen LogP contribution in [0.5, 0.6) is 0 Å². The Bertz CT molecular complexity index is 1270. The first-order valence-electron chi connectivity index (χ1n) is 10.2. The first-order chi connectivity index (χ1) is 15.4. The number of rotatable bonds is 5. The molecule has 0 unspecified atom stereocenters. The van der Waals surface area contributed by atoms with Crippen molar-refractivity contribution in [2.24, 2.45) is 5.92 Å². The number of hydrogen-bond donors (Lipinski definition) is 2. The molecule has 0 spiro atoms. The van der Waals surface area contributed by atoms with E-state index in [0.29, 0.717) is 35.7 Å². The molecule has 9 nitrogen and oxygen atoms in total. The lowest BCUT2D eigenvalue weighted by atomic mass is 9.97. The zero-order valence-corrected chi connectivity index (χ0v) is 18.3. The molecule has 2 aromatic carbocycles. The minimum absolute atomic E-state index is 0.135. The number of aromatic nitrogens is 3. The Labute approximate surface area is 186 Å². The quantitative estimate of drug-likeness (QED) is 0.614. The van der Waals surface area contributed by atoms with Crippen molar-refractivity contribution >= 4 is 21.6 Å². The SMILES string of the molecule is Cc1nc(-c2cccc(NC(=O)C3CCN(S(=O)(=O)c4ccc(C#N)cc4)CC3)c2)n[nH]1. The molecule has 0 aliphatic carbocycles. The van der Waals surface area contributed by atoms with E-state index in [9.17, 15) is 13.2 Å². The summed E-state index contributed by atoms with van der Waals surface area (Å²) in [5, 5.41) is 18.7. The Balaban J connectivity index is 1.38. The van der Waals surface area contributed by atoms with E-state index in [1.54, 1.807) is 6.07 Å². The maximum Gasteiger partial charge on any atom is 0.243 e. The second-order valence-electron chi connectivity index (χ2n) is 7.63. The van der Waals surface area contributed by atoms with Gasteiger partial charge in [0.1, 0.15) is 5.82 Å². The van der Waals surface area contributed by atoms with Gasteiger partial charge in [0, 0.05) is 30.3 Å². The molecule has 0 radical (unpaired) electrons. The van der Waals surface area contributed by atoms with Crippen molar-refractivity contribution in [3.63, 3.8) is 0 Å². The normalized spacial score (nSPS) is 15.2. The molecular weight excluding hydrogens is 428 g/mol. The third-order valence-corrected chi connectivity index (χ3v) is 7.34. The van der Waals surface area contributed by atoms with E-state index in [2.05, 4.69) is 20.5 Å². The summed E-state index contributed by atoms with van der Waals surface area (Å²) < 4.78 is 27.1. The van der Waals surface area contributed by atoms with Crippen LogP contribution in [0, 0.1) is 24.2 Å². The van der Waals surface area contributed by atoms with Gasteiger partial charge in [0.05, 0.1) is 16.5 Å². The molecule has 10 heteroatoms. The second kappa shape index (κ2) is 8.90. The smallest absolute Gasteiger partial charge is 0.243 e. The predicted molar refractivity (Wildman–Crippen MR) is 118 cm³/mol. The van der Waals surface area contributed by atoms with Crippen LogP contribution in [-0.4, -0.2) is 46.9 Å². The van der Waals surface area contributed by atoms with Gasteiger partial charge in [-0.3, -0.25) is 9.89 Å². The van der Waals surface area contributed by atoms with Crippen LogP contribution in [0.3, 0.4) is 0 Å². The summed E-state index contributed by atoms with van der Waals surface area (Å²) >= 11 is 0. The van der Waals surface area contributed by atoms with Crippen molar-refractivity contribution < 1.29 is 13.2 Å². The number of hydrogen-bond acceptors (Lipinski definition) is 6. The fourth-order valence-corrected chi connectivity index (χ4v) is 5.13. The van der Waals surface area contributed by atoms with Crippen molar-refractivity contribution in [1.29, 1.82) is 5.26 Å².